The summed E-state index contributed by atoms with van der Waals surface area (Å²) in [5.74, 6) is 0.571. The Balaban J connectivity index is 0.000000204. The average molecular weight is 562 g/mol. The lowest BCUT2D eigenvalue weighted by molar-refractivity contribution is -0.151. The molecule has 0 bridgehead atoms. The largest absolute Gasteiger partial charge is 0.508 e. The molecule has 2 heterocycles. The monoisotopic (exact) mass is 560 g/mol. The van der Waals surface area contributed by atoms with E-state index in [1.165, 1.54) is 0 Å². The van der Waals surface area contributed by atoms with Gasteiger partial charge in [-0.3, -0.25) is 9.97 Å². The van der Waals surface area contributed by atoms with Crippen LogP contribution in [0.2, 0.25) is 0 Å². The van der Waals surface area contributed by atoms with Crippen LogP contribution in [0.25, 0.3) is 21.8 Å². The predicted octanol–water partition coefficient (Wildman–Crippen LogP) is 6.42. The first-order valence-electron chi connectivity index (χ1n) is 10.0. The highest BCUT2D eigenvalue weighted by Gasteiger charge is 2.19. The van der Waals surface area contributed by atoms with Crippen molar-refractivity contribution < 1.29 is 19.4 Å². The van der Waals surface area contributed by atoms with E-state index >= 15 is 0 Å². The molecule has 0 fully saturated rings. The summed E-state index contributed by atoms with van der Waals surface area (Å²) in [7, 11) is 0. The molecule has 2 aromatic heterocycles. The van der Waals surface area contributed by atoms with Gasteiger partial charge in [0.25, 0.3) is 0 Å². The summed E-state index contributed by atoms with van der Waals surface area (Å²) in [5.41, 5.74) is 1.76. The van der Waals surface area contributed by atoms with E-state index in [0.29, 0.717) is 18.8 Å². The van der Waals surface area contributed by atoms with E-state index in [9.17, 15) is 9.90 Å². The molecule has 1 atom stereocenters. The van der Waals surface area contributed by atoms with Gasteiger partial charge in [0.1, 0.15) is 11.5 Å². The maximum atomic E-state index is 11.7. The number of nitrogens with zero attached hydrogens (tertiary/aromatic N) is 2. The van der Waals surface area contributed by atoms with Gasteiger partial charge >= 0.3 is 5.97 Å². The Bertz CT molecular complexity index is 1200. The van der Waals surface area contributed by atoms with Crippen LogP contribution in [0.3, 0.4) is 0 Å². The van der Waals surface area contributed by atoms with Crippen LogP contribution in [-0.4, -0.2) is 33.8 Å². The zero-order valence-electron chi connectivity index (χ0n) is 17.6. The van der Waals surface area contributed by atoms with Crippen molar-refractivity contribution in [2.45, 2.75) is 26.4 Å². The molecular weight excluding hydrogens is 540 g/mol. The lowest BCUT2D eigenvalue weighted by Crippen LogP contribution is -2.28. The number of phenols is 1. The number of ether oxygens (including phenoxy) is 2. The molecule has 1 unspecified atom stereocenters. The highest BCUT2D eigenvalue weighted by molar-refractivity contribution is 9.10. The molecule has 4 aromatic rings. The molecule has 32 heavy (non-hydrogen) atoms. The van der Waals surface area contributed by atoms with Crippen LogP contribution < -0.4 is 4.74 Å². The molecule has 0 radical (unpaired) electrons. The zero-order chi connectivity index (χ0) is 23.1. The van der Waals surface area contributed by atoms with Crippen LogP contribution >= 0.6 is 31.9 Å². The highest BCUT2D eigenvalue weighted by atomic mass is 79.9. The third-order valence-corrected chi connectivity index (χ3v) is 5.32. The van der Waals surface area contributed by atoms with Gasteiger partial charge in [-0.15, -0.1) is 0 Å². The number of rotatable bonds is 5. The van der Waals surface area contributed by atoms with Gasteiger partial charge < -0.3 is 14.6 Å². The second kappa shape index (κ2) is 11.2. The minimum atomic E-state index is -0.576. The molecule has 8 heteroatoms. The molecule has 0 saturated carbocycles. The smallest absolute Gasteiger partial charge is 0.347 e. The summed E-state index contributed by atoms with van der Waals surface area (Å²) in [6.07, 6.45) is 3.47. The fourth-order valence-corrected chi connectivity index (χ4v) is 3.64. The Labute approximate surface area is 202 Å². The predicted molar refractivity (Wildman–Crippen MR) is 132 cm³/mol. The van der Waals surface area contributed by atoms with Crippen LogP contribution in [0.5, 0.6) is 11.5 Å². The second-order valence-corrected chi connectivity index (χ2v) is 8.64. The molecule has 4 rings (SSSR count). The fraction of sp³-hybridized carbons (Fsp3) is 0.208. The maximum absolute atomic E-state index is 11.7. The van der Waals surface area contributed by atoms with Gasteiger partial charge in [0.05, 0.1) is 17.6 Å². The molecule has 1 N–H and O–H groups in total. The molecule has 6 nitrogen and oxygen atoms in total. The summed E-state index contributed by atoms with van der Waals surface area (Å²) in [5, 5.41) is 11.1. The van der Waals surface area contributed by atoms with Crippen molar-refractivity contribution in [3.63, 3.8) is 0 Å². The number of carbonyl (C=O) groups excluding carboxylic acids is 1. The zero-order valence-corrected chi connectivity index (χ0v) is 20.8. The number of carbonyl (C=O) groups is 1. The number of benzene rings is 2. The number of hydrogen-bond donors (Lipinski definition) is 1. The molecule has 2 aromatic carbocycles. The molecule has 0 amide bonds. The Morgan fingerprint density at radius 2 is 1.53 bits per heavy atom. The van der Waals surface area contributed by atoms with E-state index < -0.39 is 6.10 Å². The third-order valence-electron chi connectivity index (χ3n) is 4.45. The number of esters is 1. The quantitative estimate of drug-likeness (QED) is 0.283. The SMILES string of the molecule is CCOC(=O)C(CC)Oc1ccc2ncc(Br)cc2c1.Oc1ccc2ncc(Br)cc2c1. The Morgan fingerprint density at radius 3 is 2.12 bits per heavy atom. The first-order chi connectivity index (χ1) is 15.4. The highest BCUT2D eigenvalue weighted by Crippen LogP contribution is 2.24. The van der Waals surface area contributed by atoms with Gasteiger partial charge in [0, 0.05) is 32.1 Å². The average Bonchev–Trinajstić information content (AvgIpc) is 2.77. The van der Waals surface area contributed by atoms with Gasteiger partial charge in [-0.05, 0) is 93.7 Å². The van der Waals surface area contributed by atoms with Gasteiger partial charge in [-0.2, -0.15) is 0 Å². The number of halogens is 2. The van der Waals surface area contributed by atoms with Crippen LogP contribution in [-0.2, 0) is 9.53 Å². The van der Waals surface area contributed by atoms with Crippen molar-refractivity contribution in [2.24, 2.45) is 0 Å². The van der Waals surface area contributed by atoms with Gasteiger partial charge in [0.15, 0.2) is 6.10 Å². The Morgan fingerprint density at radius 1 is 0.938 bits per heavy atom. The van der Waals surface area contributed by atoms with E-state index in [2.05, 4.69) is 41.8 Å². The normalized spacial score (nSPS) is 11.5. The molecule has 0 aliphatic heterocycles. The molecule has 0 spiro atoms. The van der Waals surface area contributed by atoms with Crippen molar-refractivity contribution in [1.82, 2.24) is 9.97 Å². The fourth-order valence-electron chi connectivity index (χ4n) is 2.95. The standard InChI is InChI=1S/C15H16BrNO3.C9H6BrNO/c1-3-14(15(18)19-4-2)20-12-5-6-13-10(8-12)7-11(16)9-17-13;10-7-3-6-4-8(12)1-2-9(6)11-5-7/h5-9,14H,3-4H2,1-2H3;1-5,12H. The van der Waals surface area contributed by atoms with E-state index in [4.69, 9.17) is 9.47 Å². The number of fused-ring (bicyclic) bond motifs is 2. The molecule has 0 aliphatic rings. The number of pyridine rings is 2. The van der Waals surface area contributed by atoms with Crippen molar-refractivity contribution in [3.8, 4) is 11.5 Å². The topological polar surface area (TPSA) is 81.5 Å². The van der Waals surface area contributed by atoms with Gasteiger partial charge in [0.2, 0.25) is 0 Å². The number of aromatic hydroxyl groups is 1. The molecule has 0 aliphatic carbocycles. The van der Waals surface area contributed by atoms with E-state index in [0.717, 1.165) is 30.8 Å². The van der Waals surface area contributed by atoms with Crippen molar-refractivity contribution in [1.29, 1.82) is 0 Å². The van der Waals surface area contributed by atoms with E-state index in [1.54, 1.807) is 37.5 Å². The first-order valence-corrected chi connectivity index (χ1v) is 11.6. The minimum absolute atomic E-state index is 0.266. The molecular formula is C24H22Br2N2O4. The number of phenolic OH excluding ortho intramolecular Hbond substituents is 1. The lowest BCUT2D eigenvalue weighted by atomic mass is 10.2. The van der Waals surface area contributed by atoms with Gasteiger partial charge in [-0.25, -0.2) is 4.79 Å². The van der Waals surface area contributed by atoms with Crippen LogP contribution in [0.1, 0.15) is 20.3 Å². The number of hydrogen-bond acceptors (Lipinski definition) is 6. The van der Waals surface area contributed by atoms with Crippen molar-refractivity contribution in [3.05, 3.63) is 69.9 Å². The van der Waals surface area contributed by atoms with Crippen molar-refractivity contribution >= 4 is 59.6 Å². The van der Waals surface area contributed by atoms with Crippen LogP contribution in [0, 0.1) is 0 Å². The molecule has 166 valence electrons. The number of aromatic nitrogens is 2. The summed E-state index contributed by atoms with van der Waals surface area (Å²) in [6, 6.07) is 14.5. The van der Waals surface area contributed by atoms with E-state index in [-0.39, 0.29) is 11.7 Å². The molecule has 0 saturated heterocycles. The maximum Gasteiger partial charge on any atom is 0.347 e. The second-order valence-electron chi connectivity index (χ2n) is 6.81. The van der Waals surface area contributed by atoms with Crippen LogP contribution in [0.4, 0.5) is 0 Å². The Hall–Kier alpha value is -2.71. The lowest BCUT2D eigenvalue weighted by Gasteiger charge is -2.16. The summed E-state index contributed by atoms with van der Waals surface area (Å²) >= 11 is 6.70. The summed E-state index contributed by atoms with van der Waals surface area (Å²) < 4.78 is 12.5. The Kier molecular flexibility index (Phi) is 8.41. The summed E-state index contributed by atoms with van der Waals surface area (Å²) in [6.45, 7) is 4.03. The summed E-state index contributed by atoms with van der Waals surface area (Å²) in [4.78, 5) is 20.2. The first kappa shape index (κ1) is 23.9. The third kappa shape index (κ3) is 6.40. The van der Waals surface area contributed by atoms with Crippen LogP contribution in [0.15, 0.2) is 69.9 Å². The van der Waals surface area contributed by atoms with Gasteiger partial charge in [-0.1, -0.05) is 6.92 Å². The minimum Gasteiger partial charge on any atom is -0.508 e. The van der Waals surface area contributed by atoms with Crippen molar-refractivity contribution in [2.75, 3.05) is 6.61 Å². The van der Waals surface area contributed by atoms with E-state index in [1.807, 2.05) is 37.3 Å².